The van der Waals surface area contributed by atoms with E-state index in [0.717, 1.165) is 18.6 Å². The highest BCUT2D eigenvalue weighted by Gasteiger charge is 2.27. The lowest BCUT2D eigenvalue weighted by atomic mass is 10.0. The average Bonchev–Trinajstić information content (AvgIpc) is 2.39. The summed E-state index contributed by atoms with van der Waals surface area (Å²) < 4.78 is 0. The second kappa shape index (κ2) is 8.89. The van der Waals surface area contributed by atoms with Crippen molar-refractivity contribution >= 4 is 0 Å². The first-order valence-electron chi connectivity index (χ1n) is 7.87. The molecule has 0 aromatic heterocycles. The second-order valence-electron chi connectivity index (χ2n) is 5.68. The van der Waals surface area contributed by atoms with Gasteiger partial charge in [-0.2, -0.15) is 0 Å². The third-order valence-corrected chi connectivity index (χ3v) is 4.22. The molecule has 1 fully saturated rings. The molecule has 1 N–H and O–H groups in total. The molecule has 3 heteroatoms. The normalized spacial score (nSPS) is 24.3. The zero-order valence-electron chi connectivity index (χ0n) is 12.9. The molecule has 1 heterocycles. The average molecular weight is 255 g/mol. The molecule has 0 aromatic rings. The smallest absolute Gasteiger partial charge is 0.0221 e. The first-order chi connectivity index (χ1) is 8.72. The number of nitrogens with zero attached hydrogens (tertiary/aromatic N) is 2. The summed E-state index contributed by atoms with van der Waals surface area (Å²) in [5, 5.41) is 3.61. The van der Waals surface area contributed by atoms with E-state index in [2.05, 4.69) is 42.9 Å². The van der Waals surface area contributed by atoms with Gasteiger partial charge in [-0.1, -0.05) is 27.2 Å². The Morgan fingerprint density at radius 3 is 2.56 bits per heavy atom. The van der Waals surface area contributed by atoms with Crippen molar-refractivity contribution < 1.29 is 0 Å². The van der Waals surface area contributed by atoms with Crippen LogP contribution in [0.5, 0.6) is 0 Å². The van der Waals surface area contributed by atoms with Gasteiger partial charge in [0.1, 0.15) is 0 Å². The predicted octanol–water partition coefficient (Wildman–Crippen LogP) is 2.18. The van der Waals surface area contributed by atoms with Crippen LogP contribution in [0.15, 0.2) is 0 Å². The Morgan fingerprint density at radius 1 is 1.17 bits per heavy atom. The van der Waals surface area contributed by atoms with Crippen LogP contribution in [0, 0.1) is 0 Å². The van der Waals surface area contributed by atoms with E-state index in [9.17, 15) is 0 Å². The lowest BCUT2D eigenvalue weighted by Gasteiger charge is -2.43. The predicted molar refractivity (Wildman–Crippen MR) is 80.1 cm³/mol. The van der Waals surface area contributed by atoms with E-state index in [1.54, 1.807) is 0 Å². The van der Waals surface area contributed by atoms with Crippen LogP contribution in [0.1, 0.15) is 46.5 Å². The molecule has 1 rings (SSSR count). The molecule has 0 saturated carbocycles. The summed E-state index contributed by atoms with van der Waals surface area (Å²) in [7, 11) is 2.27. The van der Waals surface area contributed by atoms with Gasteiger partial charge in [-0.15, -0.1) is 0 Å². The fourth-order valence-electron chi connectivity index (χ4n) is 2.93. The van der Waals surface area contributed by atoms with Crippen molar-refractivity contribution in [1.29, 1.82) is 0 Å². The largest absolute Gasteiger partial charge is 0.315 e. The summed E-state index contributed by atoms with van der Waals surface area (Å²) >= 11 is 0. The Hall–Kier alpha value is -0.120. The van der Waals surface area contributed by atoms with E-state index in [1.807, 2.05) is 0 Å². The van der Waals surface area contributed by atoms with Gasteiger partial charge in [-0.25, -0.2) is 0 Å². The van der Waals surface area contributed by atoms with Crippen molar-refractivity contribution in [2.24, 2.45) is 0 Å². The maximum absolute atomic E-state index is 3.61. The topological polar surface area (TPSA) is 18.5 Å². The fourth-order valence-corrected chi connectivity index (χ4v) is 2.93. The summed E-state index contributed by atoms with van der Waals surface area (Å²) in [6, 6.07) is 1.49. The van der Waals surface area contributed by atoms with Gasteiger partial charge in [-0.3, -0.25) is 4.90 Å². The highest BCUT2D eigenvalue weighted by Crippen LogP contribution is 2.15. The lowest BCUT2D eigenvalue weighted by Crippen LogP contribution is -2.56. The van der Waals surface area contributed by atoms with E-state index >= 15 is 0 Å². The minimum atomic E-state index is 0.740. The number of hydrogen-bond acceptors (Lipinski definition) is 3. The van der Waals surface area contributed by atoms with Crippen LogP contribution in [0.3, 0.4) is 0 Å². The van der Waals surface area contributed by atoms with E-state index in [4.69, 9.17) is 0 Å². The van der Waals surface area contributed by atoms with Crippen molar-refractivity contribution in [3.05, 3.63) is 0 Å². The van der Waals surface area contributed by atoms with Crippen LogP contribution < -0.4 is 5.32 Å². The van der Waals surface area contributed by atoms with Gasteiger partial charge in [0.05, 0.1) is 0 Å². The van der Waals surface area contributed by atoms with Gasteiger partial charge in [-0.05, 0) is 32.9 Å². The maximum Gasteiger partial charge on any atom is 0.0221 e. The van der Waals surface area contributed by atoms with Crippen molar-refractivity contribution in [2.75, 3.05) is 39.8 Å². The zero-order valence-corrected chi connectivity index (χ0v) is 12.9. The van der Waals surface area contributed by atoms with Crippen LogP contribution >= 0.6 is 0 Å². The highest BCUT2D eigenvalue weighted by molar-refractivity contribution is 4.84. The number of nitrogens with one attached hydrogen (secondary N) is 1. The second-order valence-corrected chi connectivity index (χ2v) is 5.68. The van der Waals surface area contributed by atoms with E-state index in [-0.39, 0.29) is 0 Å². The van der Waals surface area contributed by atoms with Crippen LogP contribution in [0.4, 0.5) is 0 Å². The molecule has 1 aliphatic rings. The van der Waals surface area contributed by atoms with Crippen molar-refractivity contribution in [3.8, 4) is 0 Å². The quantitative estimate of drug-likeness (QED) is 0.671. The summed E-state index contributed by atoms with van der Waals surface area (Å²) in [5.74, 6) is 0. The van der Waals surface area contributed by atoms with Gasteiger partial charge in [0.25, 0.3) is 0 Å². The van der Waals surface area contributed by atoms with Gasteiger partial charge >= 0.3 is 0 Å². The van der Waals surface area contributed by atoms with Crippen LogP contribution in [0.2, 0.25) is 0 Å². The number of rotatable bonds is 8. The molecule has 0 aromatic carbocycles. The molecule has 2 atom stereocenters. The van der Waals surface area contributed by atoms with E-state index in [1.165, 1.54) is 51.9 Å². The number of piperazine rings is 1. The third-order valence-electron chi connectivity index (χ3n) is 4.22. The summed E-state index contributed by atoms with van der Waals surface area (Å²) in [4.78, 5) is 5.25. The standard InChI is InChI=1S/C15H33N3/c1-5-8-15(12-16-9-6-2)18-11-10-17(4)14(7-3)13-18/h14-16H,5-13H2,1-4H3. The molecule has 0 aliphatic carbocycles. The highest BCUT2D eigenvalue weighted by atomic mass is 15.3. The monoisotopic (exact) mass is 255 g/mol. The fraction of sp³-hybridized carbons (Fsp3) is 1.00. The first-order valence-corrected chi connectivity index (χ1v) is 7.87. The van der Waals surface area contributed by atoms with Gasteiger partial charge in [0.2, 0.25) is 0 Å². The molecule has 3 nitrogen and oxygen atoms in total. The Kier molecular flexibility index (Phi) is 7.87. The van der Waals surface area contributed by atoms with Crippen LogP contribution in [-0.2, 0) is 0 Å². The molecular weight excluding hydrogens is 222 g/mol. The Balaban J connectivity index is 2.45. The Labute approximate surface area is 114 Å². The number of hydrogen-bond donors (Lipinski definition) is 1. The van der Waals surface area contributed by atoms with Crippen LogP contribution in [-0.4, -0.2) is 61.7 Å². The lowest BCUT2D eigenvalue weighted by molar-refractivity contribution is 0.0589. The summed E-state index contributed by atoms with van der Waals surface area (Å²) in [6.45, 7) is 12.9. The molecule has 0 spiro atoms. The maximum atomic E-state index is 3.61. The molecule has 1 aliphatic heterocycles. The molecule has 0 radical (unpaired) electrons. The van der Waals surface area contributed by atoms with E-state index in [0.29, 0.717) is 0 Å². The van der Waals surface area contributed by atoms with E-state index < -0.39 is 0 Å². The van der Waals surface area contributed by atoms with Crippen molar-refractivity contribution in [1.82, 2.24) is 15.1 Å². The third kappa shape index (κ3) is 4.87. The van der Waals surface area contributed by atoms with Gasteiger partial charge in [0, 0.05) is 38.3 Å². The number of likely N-dealkylation sites (N-methyl/N-ethyl adjacent to an activating group) is 1. The zero-order chi connectivity index (χ0) is 13.4. The molecule has 0 amide bonds. The molecule has 2 unspecified atom stereocenters. The Bertz CT molecular complexity index is 208. The first kappa shape index (κ1) is 15.9. The van der Waals surface area contributed by atoms with Crippen LogP contribution in [0.25, 0.3) is 0 Å². The SMILES string of the molecule is CCCNCC(CCC)N1CCN(C)C(CC)C1. The molecule has 18 heavy (non-hydrogen) atoms. The molecule has 108 valence electrons. The molecule has 0 bridgehead atoms. The summed E-state index contributed by atoms with van der Waals surface area (Å²) in [5.41, 5.74) is 0. The minimum absolute atomic E-state index is 0.740. The molecular formula is C15H33N3. The summed E-state index contributed by atoms with van der Waals surface area (Å²) in [6.07, 6.45) is 5.13. The van der Waals surface area contributed by atoms with Gasteiger partial charge in [0.15, 0.2) is 0 Å². The minimum Gasteiger partial charge on any atom is -0.315 e. The Morgan fingerprint density at radius 2 is 1.94 bits per heavy atom. The van der Waals surface area contributed by atoms with Gasteiger partial charge < -0.3 is 10.2 Å². The van der Waals surface area contributed by atoms with Crippen molar-refractivity contribution in [2.45, 2.75) is 58.5 Å². The van der Waals surface area contributed by atoms with Crippen molar-refractivity contribution in [3.63, 3.8) is 0 Å². The molecule has 1 saturated heterocycles.